The fraction of sp³-hybridized carbons (Fsp3) is 0.308. The number of hydrogen-bond acceptors (Lipinski definition) is 0. The van der Waals surface area contributed by atoms with Gasteiger partial charge in [0.25, 0.3) is 0 Å². The summed E-state index contributed by atoms with van der Waals surface area (Å²) in [5.74, 6) is 0.164. The third kappa shape index (κ3) is 5.38. The van der Waals surface area contributed by atoms with Crippen LogP contribution in [0.4, 0.5) is 4.20 Å². The van der Waals surface area contributed by atoms with Crippen LogP contribution in [0.25, 0.3) is 0 Å². The molecule has 3 aromatic rings. The lowest BCUT2D eigenvalue weighted by Crippen LogP contribution is -2.53. The molecule has 0 radical (unpaired) electrons. The van der Waals surface area contributed by atoms with E-state index in [9.17, 15) is 0 Å². The molecule has 3 aromatic carbocycles. The Bertz CT molecular complexity index is 875. The second-order valence-corrected chi connectivity index (χ2v) is 24.1. The molecule has 0 aliphatic heterocycles. The first-order chi connectivity index (χ1) is 14.1. The van der Waals surface area contributed by atoms with Crippen LogP contribution >= 0.6 is 8.23 Å². The lowest BCUT2D eigenvalue weighted by molar-refractivity contribution is 0.900. The van der Waals surface area contributed by atoms with E-state index in [0.29, 0.717) is 0 Å². The fourth-order valence-electron chi connectivity index (χ4n) is 4.81. The maximum absolute atomic E-state index is 15.9. The molecule has 1 atom stereocenters. The fourth-order valence-corrected chi connectivity index (χ4v) is 22.3. The number of rotatable bonds is 7. The first-order valence-corrected chi connectivity index (χ1v) is 19.2. The smallest absolute Gasteiger partial charge is 0.110 e. The van der Waals surface area contributed by atoms with Crippen molar-refractivity contribution in [2.24, 2.45) is 0 Å². The summed E-state index contributed by atoms with van der Waals surface area (Å²) in [5, 5.41) is 0.906. The summed E-state index contributed by atoms with van der Waals surface area (Å²) in [6.45, 7) is 14.0. The molecule has 0 bridgehead atoms. The molecule has 0 fully saturated rings. The number of hydrogen-bond donors (Lipinski definition) is 0. The van der Waals surface area contributed by atoms with Gasteiger partial charge in [0.2, 0.25) is 0 Å². The minimum atomic E-state index is -1.63. The Morgan fingerprint density at radius 3 is 1.30 bits per heavy atom. The third-order valence-electron chi connectivity index (χ3n) is 5.61. The predicted molar refractivity (Wildman–Crippen MR) is 138 cm³/mol. The van der Waals surface area contributed by atoms with Crippen LogP contribution in [0.2, 0.25) is 39.3 Å². The van der Waals surface area contributed by atoms with E-state index in [2.05, 4.69) is 124 Å². The van der Waals surface area contributed by atoms with Gasteiger partial charge >= 0.3 is 0 Å². The summed E-state index contributed by atoms with van der Waals surface area (Å²) in [6.07, 6.45) is 0. The normalized spacial score (nSPS) is 13.6. The first-order valence-electron chi connectivity index (χ1n) is 10.7. The van der Waals surface area contributed by atoms with Gasteiger partial charge in [-0.1, -0.05) is 124 Å². The third-order valence-corrected chi connectivity index (χ3v) is 21.3. The Hall–Kier alpha value is -1.55. The Labute approximate surface area is 185 Å². The molecule has 3 rings (SSSR count). The molecule has 4 heteroatoms. The second kappa shape index (κ2) is 9.30. The van der Waals surface area contributed by atoms with Gasteiger partial charge in [0.1, 0.15) is 8.23 Å². The molecule has 0 heterocycles. The molecule has 0 nitrogen and oxygen atoms in total. The lowest BCUT2D eigenvalue weighted by atomic mass is 9.85. The first kappa shape index (κ1) is 23.1. The van der Waals surface area contributed by atoms with Gasteiger partial charge in [-0.15, -0.1) is 0 Å². The van der Waals surface area contributed by atoms with Gasteiger partial charge in [0, 0.05) is 16.1 Å². The maximum atomic E-state index is 15.9. The van der Waals surface area contributed by atoms with Crippen molar-refractivity contribution in [1.82, 2.24) is 0 Å². The van der Waals surface area contributed by atoms with E-state index in [0.717, 1.165) is 5.30 Å². The van der Waals surface area contributed by atoms with E-state index in [1.165, 1.54) is 16.7 Å². The topological polar surface area (TPSA) is 0 Å². The van der Waals surface area contributed by atoms with Crippen molar-refractivity contribution in [2.45, 2.75) is 50.1 Å². The van der Waals surface area contributed by atoms with E-state index < -0.39 is 24.4 Å². The molecule has 0 amide bonds. The van der Waals surface area contributed by atoms with E-state index >= 15 is 4.20 Å². The molecule has 158 valence electrons. The SMILES string of the molecule is C[Si](C)(C)C(P(F)c1ccc(C(c2ccccc2)c2ccccc2)cc1)[Si](C)(C)C. The predicted octanol–water partition coefficient (Wildman–Crippen LogP) is 7.98. The molecule has 30 heavy (non-hydrogen) atoms. The zero-order valence-electron chi connectivity index (χ0n) is 19.1. The Balaban J connectivity index is 1.98. The van der Waals surface area contributed by atoms with Gasteiger partial charge in [-0.2, -0.15) is 0 Å². The van der Waals surface area contributed by atoms with Gasteiger partial charge < -0.3 is 0 Å². The van der Waals surface area contributed by atoms with Crippen LogP contribution in [0.1, 0.15) is 22.6 Å². The number of benzene rings is 3. The quantitative estimate of drug-likeness (QED) is 0.194. The molecule has 0 N–H and O–H groups in total. The Morgan fingerprint density at radius 2 is 0.933 bits per heavy atom. The number of halogens is 1. The van der Waals surface area contributed by atoms with E-state index in [1.807, 2.05) is 0 Å². The minimum Gasteiger partial charge on any atom is -0.222 e. The summed E-state index contributed by atoms with van der Waals surface area (Å²) in [7, 11) is -4.82. The summed E-state index contributed by atoms with van der Waals surface area (Å²) >= 11 is 0. The maximum Gasteiger partial charge on any atom is 0.110 e. The summed E-state index contributed by atoms with van der Waals surface area (Å²) in [5.41, 5.74) is 3.75. The van der Waals surface area contributed by atoms with Crippen LogP contribution in [0, 0.1) is 0 Å². The van der Waals surface area contributed by atoms with Crippen LogP contribution in [-0.4, -0.2) is 21.1 Å². The highest BCUT2D eigenvalue weighted by Crippen LogP contribution is 2.50. The van der Waals surface area contributed by atoms with Crippen molar-refractivity contribution < 1.29 is 4.20 Å². The molecule has 1 unspecified atom stereocenters. The monoisotopic (exact) mass is 452 g/mol. The van der Waals surface area contributed by atoms with Crippen LogP contribution in [0.5, 0.6) is 0 Å². The Kier molecular flexibility index (Phi) is 7.17. The molecule has 0 spiro atoms. The standard InChI is InChI=1S/C26H34FPSi2/c1-29(2,3)26(30(4,5)6)28(27)24-19-17-23(18-20-24)25(21-13-9-7-10-14-21)22-15-11-8-12-16-22/h7-20,25-26H,1-6H3. The largest absolute Gasteiger partial charge is 0.222 e. The van der Waals surface area contributed by atoms with E-state index in [4.69, 9.17) is 0 Å². The zero-order valence-corrected chi connectivity index (χ0v) is 22.0. The van der Waals surface area contributed by atoms with Gasteiger partial charge in [-0.25, -0.2) is 4.20 Å². The van der Waals surface area contributed by atoms with Crippen molar-refractivity contribution in [3.05, 3.63) is 102 Å². The molecule has 0 saturated heterocycles. The summed E-state index contributed by atoms with van der Waals surface area (Å²) in [4.78, 5) is 0.268. The Morgan fingerprint density at radius 1 is 0.567 bits per heavy atom. The van der Waals surface area contributed by atoms with Crippen molar-refractivity contribution in [1.29, 1.82) is 0 Å². The summed E-state index contributed by atoms with van der Waals surface area (Å²) < 4.78 is 15.9. The van der Waals surface area contributed by atoms with Crippen LogP contribution in [0.3, 0.4) is 0 Å². The molecule has 0 aliphatic carbocycles. The van der Waals surface area contributed by atoms with E-state index in [-0.39, 0.29) is 10.8 Å². The van der Waals surface area contributed by atoms with Gasteiger partial charge in [0.15, 0.2) is 0 Å². The van der Waals surface area contributed by atoms with Crippen LogP contribution < -0.4 is 5.30 Å². The highest BCUT2D eigenvalue weighted by atomic mass is 31.2. The average molecular weight is 453 g/mol. The average Bonchev–Trinajstić information content (AvgIpc) is 2.68. The second-order valence-electron chi connectivity index (χ2n) is 10.3. The van der Waals surface area contributed by atoms with Gasteiger partial charge in [0.05, 0.1) is 16.1 Å². The van der Waals surface area contributed by atoms with E-state index in [1.54, 1.807) is 0 Å². The highest BCUT2D eigenvalue weighted by Gasteiger charge is 2.44. The lowest BCUT2D eigenvalue weighted by Gasteiger charge is -2.40. The molecule has 0 saturated carbocycles. The molecule has 0 aromatic heterocycles. The summed E-state index contributed by atoms with van der Waals surface area (Å²) in [6, 6.07) is 29.6. The highest BCUT2D eigenvalue weighted by molar-refractivity contribution is 7.67. The van der Waals surface area contributed by atoms with Crippen LogP contribution in [0.15, 0.2) is 84.9 Å². The van der Waals surface area contributed by atoms with Crippen LogP contribution in [-0.2, 0) is 0 Å². The molecule has 0 aliphatic rings. The van der Waals surface area contributed by atoms with Gasteiger partial charge in [-0.3, -0.25) is 0 Å². The minimum absolute atomic E-state index is 0.164. The van der Waals surface area contributed by atoms with Crippen molar-refractivity contribution in [3.8, 4) is 0 Å². The molecular weight excluding hydrogens is 418 g/mol. The van der Waals surface area contributed by atoms with Crippen molar-refractivity contribution >= 4 is 29.7 Å². The van der Waals surface area contributed by atoms with Crippen molar-refractivity contribution in [2.75, 3.05) is 0 Å². The zero-order chi connectivity index (χ0) is 21.9. The van der Waals surface area contributed by atoms with Gasteiger partial charge in [-0.05, 0) is 16.7 Å². The van der Waals surface area contributed by atoms with Crippen molar-refractivity contribution in [3.63, 3.8) is 0 Å². The molecular formula is C26H34FPSi2.